The number of hydrogen-bond acceptors (Lipinski definition) is 6. The number of carbonyl (C=O) groups is 2. The van der Waals surface area contributed by atoms with E-state index in [4.69, 9.17) is 14.9 Å². The van der Waals surface area contributed by atoms with Crippen molar-refractivity contribution in [1.82, 2.24) is 0 Å². The highest BCUT2D eigenvalue weighted by atomic mass is 32.2. The lowest BCUT2D eigenvalue weighted by Gasteiger charge is -2.18. The largest absolute Gasteiger partial charge is 0.462 e. The molecule has 17 heavy (non-hydrogen) atoms. The fourth-order valence-corrected chi connectivity index (χ4v) is 2.98. The molecule has 5 nitrogen and oxygen atoms in total. The Morgan fingerprint density at radius 3 is 2.94 bits per heavy atom. The molecule has 2 N–H and O–H groups in total. The molecule has 1 aliphatic carbocycles. The monoisotopic (exact) mass is 262 g/mol. The molecule has 0 aromatic heterocycles. The number of esters is 1. The number of aliphatic hydroxyl groups excluding tert-OH is 2. The minimum absolute atomic E-state index is 0.113. The Morgan fingerprint density at radius 1 is 1.65 bits per heavy atom. The van der Waals surface area contributed by atoms with E-state index in [1.165, 1.54) is 18.7 Å². The SMILES string of the molecule is CC(=O)O[C@H]1CCC(=O)[C@@H]1CSCC(O)CO. The van der Waals surface area contributed by atoms with Crippen LogP contribution in [-0.2, 0) is 14.3 Å². The molecule has 0 spiro atoms. The third kappa shape index (κ3) is 4.65. The van der Waals surface area contributed by atoms with Gasteiger partial charge in [-0.1, -0.05) is 0 Å². The number of ketones is 1. The minimum atomic E-state index is -0.760. The number of carbonyl (C=O) groups excluding carboxylic acids is 2. The fraction of sp³-hybridized carbons (Fsp3) is 0.818. The second kappa shape index (κ2) is 6.98. The molecule has 98 valence electrons. The first-order valence-electron chi connectivity index (χ1n) is 5.61. The van der Waals surface area contributed by atoms with Gasteiger partial charge in [0, 0.05) is 24.9 Å². The normalized spacial score (nSPS) is 25.9. The van der Waals surface area contributed by atoms with Crippen LogP contribution in [0.3, 0.4) is 0 Å². The molecule has 0 bridgehead atoms. The van der Waals surface area contributed by atoms with Gasteiger partial charge in [-0.3, -0.25) is 9.59 Å². The van der Waals surface area contributed by atoms with Crippen molar-refractivity contribution in [2.75, 3.05) is 18.1 Å². The molecule has 0 saturated heterocycles. The van der Waals surface area contributed by atoms with Crippen LogP contribution in [0.1, 0.15) is 19.8 Å². The van der Waals surface area contributed by atoms with Crippen molar-refractivity contribution in [1.29, 1.82) is 0 Å². The van der Waals surface area contributed by atoms with Crippen LogP contribution >= 0.6 is 11.8 Å². The van der Waals surface area contributed by atoms with Crippen LogP contribution in [0.2, 0.25) is 0 Å². The standard InChI is InChI=1S/C11H18O5S/c1-7(13)16-11-3-2-10(15)9(11)6-17-5-8(14)4-12/h8-9,11-12,14H,2-6H2,1H3/t8?,9-,11-/m0/s1. The van der Waals surface area contributed by atoms with Crippen LogP contribution in [0.15, 0.2) is 0 Å². The first-order chi connectivity index (χ1) is 8.04. The van der Waals surface area contributed by atoms with Gasteiger partial charge in [0.1, 0.15) is 11.9 Å². The summed E-state index contributed by atoms with van der Waals surface area (Å²) >= 11 is 1.40. The summed E-state index contributed by atoms with van der Waals surface area (Å²) in [7, 11) is 0. The van der Waals surface area contributed by atoms with E-state index in [9.17, 15) is 9.59 Å². The first kappa shape index (κ1) is 14.5. The van der Waals surface area contributed by atoms with Crippen molar-refractivity contribution in [3.63, 3.8) is 0 Å². The minimum Gasteiger partial charge on any atom is -0.462 e. The van der Waals surface area contributed by atoms with Gasteiger partial charge in [-0.2, -0.15) is 11.8 Å². The van der Waals surface area contributed by atoms with Crippen molar-refractivity contribution >= 4 is 23.5 Å². The molecule has 3 atom stereocenters. The van der Waals surface area contributed by atoms with Crippen LogP contribution < -0.4 is 0 Å². The quantitative estimate of drug-likeness (QED) is 0.655. The van der Waals surface area contributed by atoms with Gasteiger partial charge in [0.25, 0.3) is 0 Å². The van der Waals surface area contributed by atoms with Crippen LogP contribution in [0, 0.1) is 5.92 Å². The molecular formula is C11H18O5S. The lowest BCUT2D eigenvalue weighted by atomic mass is 10.1. The van der Waals surface area contributed by atoms with Crippen molar-refractivity contribution in [2.45, 2.75) is 32.0 Å². The molecule has 1 aliphatic rings. The average molecular weight is 262 g/mol. The molecule has 1 saturated carbocycles. The molecule has 0 aliphatic heterocycles. The lowest BCUT2D eigenvalue weighted by Crippen LogP contribution is -2.27. The Labute approximate surface area is 105 Å². The van der Waals surface area contributed by atoms with Gasteiger partial charge in [-0.15, -0.1) is 0 Å². The molecule has 0 aromatic carbocycles. The summed E-state index contributed by atoms with van der Waals surface area (Å²) in [5.41, 5.74) is 0. The number of hydrogen-bond donors (Lipinski definition) is 2. The number of ether oxygens (including phenoxy) is 1. The number of thioether (sulfide) groups is 1. The maximum Gasteiger partial charge on any atom is 0.302 e. The van der Waals surface area contributed by atoms with E-state index in [0.717, 1.165) is 0 Å². The zero-order valence-electron chi connectivity index (χ0n) is 9.80. The second-order valence-corrected chi connectivity index (χ2v) is 5.21. The molecular weight excluding hydrogens is 244 g/mol. The highest BCUT2D eigenvalue weighted by Crippen LogP contribution is 2.28. The van der Waals surface area contributed by atoms with Crippen molar-refractivity contribution < 1.29 is 24.5 Å². The van der Waals surface area contributed by atoms with Gasteiger partial charge in [-0.05, 0) is 6.42 Å². The molecule has 0 radical (unpaired) electrons. The molecule has 1 unspecified atom stereocenters. The molecule has 0 heterocycles. The summed E-state index contributed by atoms with van der Waals surface area (Å²) in [5.74, 6) is 0.383. The van der Waals surface area contributed by atoms with Crippen LogP contribution in [0.5, 0.6) is 0 Å². The highest BCUT2D eigenvalue weighted by Gasteiger charge is 2.36. The molecule has 6 heteroatoms. The summed E-state index contributed by atoms with van der Waals surface area (Å²) in [6.07, 6.45) is -0.0415. The maximum absolute atomic E-state index is 11.6. The topological polar surface area (TPSA) is 83.8 Å². The summed E-state index contributed by atoms with van der Waals surface area (Å²) in [6, 6.07) is 0. The Hall–Kier alpha value is -0.590. The Balaban J connectivity index is 2.37. The Kier molecular flexibility index (Phi) is 5.94. The Morgan fingerprint density at radius 2 is 2.35 bits per heavy atom. The molecule has 1 fully saturated rings. The van der Waals surface area contributed by atoms with Gasteiger partial charge in [0.2, 0.25) is 0 Å². The predicted octanol–water partition coefficient (Wildman–Crippen LogP) is -0.0164. The summed E-state index contributed by atoms with van der Waals surface area (Å²) in [6.45, 7) is 1.06. The number of Topliss-reactive ketones (excluding diaryl/α,β-unsaturated/α-hetero) is 1. The summed E-state index contributed by atoms with van der Waals surface area (Å²) in [5, 5.41) is 17.8. The van der Waals surface area contributed by atoms with Crippen LogP contribution in [0.25, 0.3) is 0 Å². The fourth-order valence-electron chi connectivity index (χ4n) is 1.82. The van der Waals surface area contributed by atoms with E-state index >= 15 is 0 Å². The van der Waals surface area contributed by atoms with E-state index in [1.807, 2.05) is 0 Å². The van der Waals surface area contributed by atoms with E-state index in [0.29, 0.717) is 24.3 Å². The van der Waals surface area contributed by atoms with E-state index in [-0.39, 0.29) is 30.4 Å². The Bertz CT molecular complexity index is 281. The van der Waals surface area contributed by atoms with Crippen molar-refractivity contribution in [2.24, 2.45) is 5.92 Å². The first-order valence-corrected chi connectivity index (χ1v) is 6.76. The van der Waals surface area contributed by atoms with Gasteiger partial charge in [-0.25, -0.2) is 0 Å². The van der Waals surface area contributed by atoms with Gasteiger partial charge >= 0.3 is 5.97 Å². The third-order valence-corrected chi connectivity index (χ3v) is 3.89. The number of rotatable bonds is 6. The lowest BCUT2D eigenvalue weighted by molar-refractivity contribution is -0.148. The molecule has 1 rings (SSSR count). The van der Waals surface area contributed by atoms with Gasteiger partial charge in [0.15, 0.2) is 0 Å². The van der Waals surface area contributed by atoms with E-state index < -0.39 is 6.10 Å². The van der Waals surface area contributed by atoms with Crippen LogP contribution in [0.4, 0.5) is 0 Å². The third-order valence-electron chi connectivity index (χ3n) is 2.67. The van der Waals surface area contributed by atoms with E-state index in [2.05, 4.69) is 0 Å². The second-order valence-electron chi connectivity index (χ2n) is 4.13. The molecule has 0 amide bonds. The van der Waals surface area contributed by atoms with Gasteiger partial charge in [0.05, 0.1) is 18.6 Å². The zero-order valence-corrected chi connectivity index (χ0v) is 10.6. The van der Waals surface area contributed by atoms with Crippen molar-refractivity contribution in [3.8, 4) is 0 Å². The van der Waals surface area contributed by atoms with Crippen molar-refractivity contribution in [3.05, 3.63) is 0 Å². The smallest absolute Gasteiger partial charge is 0.302 e. The molecule has 0 aromatic rings. The summed E-state index contributed by atoms with van der Waals surface area (Å²) < 4.78 is 5.09. The summed E-state index contributed by atoms with van der Waals surface area (Å²) in [4.78, 5) is 22.5. The highest BCUT2D eigenvalue weighted by molar-refractivity contribution is 7.99. The average Bonchev–Trinajstić information content (AvgIpc) is 2.60. The van der Waals surface area contributed by atoms with E-state index in [1.54, 1.807) is 0 Å². The maximum atomic E-state index is 11.6. The predicted molar refractivity (Wildman–Crippen MR) is 63.7 cm³/mol. The zero-order chi connectivity index (χ0) is 12.8. The van der Waals surface area contributed by atoms with Crippen LogP contribution in [-0.4, -0.2) is 52.3 Å². The number of aliphatic hydroxyl groups is 2. The van der Waals surface area contributed by atoms with Gasteiger partial charge < -0.3 is 14.9 Å².